The van der Waals surface area contributed by atoms with E-state index >= 15 is 0 Å². The van der Waals surface area contributed by atoms with Crippen LogP contribution in [0.15, 0.2) is 48.5 Å². The van der Waals surface area contributed by atoms with Crippen molar-refractivity contribution >= 4 is 11.5 Å². The van der Waals surface area contributed by atoms with Crippen LogP contribution in [-0.4, -0.2) is 79.0 Å². The van der Waals surface area contributed by atoms with Crippen molar-refractivity contribution in [2.75, 3.05) is 78.9 Å². The molecule has 8 heteroatoms. The lowest BCUT2D eigenvalue weighted by molar-refractivity contribution is -0.00978. The van der Waals surface area contributed by atoms with Crippen LogP contribution in [0.4, 0.5) is 5.69 Å². The van der Waals surface area contributed by atoms with Gasteiger partial charge in [-0.05, 0) is 48.5 Å². The Morgan fingerprint density at radius 3 is 1.50 bits per heavy atom. The number of nitrogen functional groups attached to an aromatic ring is 1. The number of anilines is 1. The molecule has 2 N–H and O–H groups in total. The molecule has 2 aromatic carbocycles. The number of nitrogens with two attached hydrogens (primary N) is 1. The zero-order valence-electron chi connectivity index (χ0n) is 18.6. The van der Waals surface area contributed by atoms with E-state index in [-0.39, 0.29) is 5.78 Å². The summed E-state index contributed by atoms with van der Waals surface area (Å²) >= 11 is 0. The van der Waals surface area contributed by atoms with E-state index in [2.05, 4.69) is 0 Å². The van der Waals surface area contributed by atoms with Gasteiger partial charge in [0.25, 0.3) is 0 Å². The van der Waals surface area contributed by atoms with Crippen LogP contribution in [0.5, 0.6) is 5.75 Å². The SMILES string of the molecule is COCCOCCOCCOCCOCCOc1ccc(C(=O)c2ccc(N)cc2)cc1. The standard InChI is InChI=1S/C24H33NO7/c1-27-10-11-28-12-13-29-14-15-30-16-17-31-18-19-32-23-8-4-21(5-9-23)24(26)20-2-6-22(25)7-3-20/h2-9H,10-19,25H2,1H3. The van der Waals surface area contributed by atoms with Crippen LogP contribution in [0.1, 0.15) is 15.9 Å². The van der Waals surface area contributed by atoms with Crippen molar-refractivity contribution < 1.29 is 33.2 Å². The first-order valence-corrected chi connectivity index (χ1v) is 10.6. The summed E-state index contributed by atoms with van der Waals surface area (Å²) in [5.41, 5.74) is 7.48. The molecule has 0 unspecified atom stereocenters. The second kappa shape index (κ2) is 16.2. The molecule has 0 saturated heterocycles. The van der Waals surface area contributed by atoms with Crippen molar-refractivity contribution in [3.8, 4) is 5.75 Å². The van der Waals surface area contributed by atoms with Crippen molar-refractivity contribution in [3.63, 3.8) is 0 Å². The highest BCUT2D eigenvalue weighted by atomic mass is 16.6. The van der Waals surface area contributed by atoms with E-state index in [4.69, 9.17) is 34.2 Å². The predicted octanol–water partition coefficient (Wildman–Crippen LogP) is 2.59. The molecule has 0 radical (unpaired) electrons. The first-order chi connectivity index (χ1) is 15.7. The molecule has 0 spiro atoms. The fourth-order valence-electron chi connectivity index (χ4n) is 2.63. The third kappa shape index (κ3) is 10.7. The van der Waals surface area contributed by atoms with Crippen LogP contribution in [0.25, 0.3) is 0 Å². The van der Waals surface area contributed by atoms with Crippen LogP contribution in [-0.2, 0) is 23.7 Å². The lowest BCUT2D eigenvalue weighted by Gasteiger charge is -2.09. The molecule has 0 atom stereocenters. The maximum absolute atomic E-state index is 12.4. The minimum absolute atomic E-state index is 0.0549. The maximum atomic E-state index is 12.4. The quantitative estimate of drug-likeness (QED) is 0.212. The number of carbonyl (C=O) groups excluding carboxylic acids is 1. The minimum atomic E-state index is -0.0549. The van der Waals surface area contributed by atoms with E-state index in [0.717, 1.165) is 0 Å². The van der Waals surface area contributed by atoms with Crippen LogP contribution in [0.3, 0.4) is 0 Å². The highest BCUT2D eigenvalue weighted by Gasteiger charge is 2.08. The number of rotatable bonds is 18. The van der Waals surface area contributed by atoms with Crippen molar-refractivity contribution in [1.29, 1.82) is 0 Å². The van der Waals surface area contributed by atoms with Crippen LogP contribution < -0.4 is 10.5 Å². The number of benzene rings is 2. The fourth-order valence-corrected chi connectivity index (χ4v) is 2.63. The van der Waals surface area contributed by atoms with Gasteiger partial charge < -0.3 is 34.2 Å². The third-order valence-corrected chi connectivity index (χ3v) is 4.33. The number of ether oxygens (including phenoxy) is 6. The molecule has 0 aliphatic carbocycles. The Balaban J connectivity index is 1.46. The molecule has 2 rings (SSSR count). The molecular formula is C24H33NO7. The number of hydrogen-bond donors (Lipinski definition) is 1. The van der Waals surface area contributed by atoms with E-state index < -0.39 is 0 Å². The Labute approximate surface area is 189 Å². The van der Waals surface area contributed by atoms with E-state index in [0.29, 0.717) is 88.6 Å². The summed E-state index contributed by atoms with van der Waals surface area (Å²) in [5.74, 6) is 0.628. The van der Waals surface area contributed by atoms with Gasteiger partial charge in [0.1, 0.15) is 12.4 Å². The molecule has 0 amide bonds. The van der Waals surface area contributed by atoms with Gasteiger partial charge >= 0.3 is 0 Å². The topological polar surface area (TPSA) is 98.5 Å². The molecule has 0 saturated carbocycles. The third-order valence-electron chi connectivity index (χ3n) is 4.33. The van der Waals surface area contributed by atoms with Gasteiger partial charge in [-0.15, -0.1) is 0 Å². The summed E-state index contributed by atoms with van der Waals surface area (Å²) in [6.07, 6.45) is 0. The summed E-state index contributed by atoms with van der Waals surface area (Å²) in [7, 11) is 1.64. The Bertz CT molecular complexity index is 750. The number of hydrogen-bond acceptors (Lipinski definition) is 8. The highest BCUT2D eigenvalue weighted by molar-refractivity contribution is 6.09. The summed E-state index contributed by atoms with van der Waals surface area (Å²) < 4.78 is 32.1. The lowest BCUT2D eigenvalue weighted by atomic mass is 10.0. The Kier molecular flexibility index (Phi) is 13.0. The minimum Gasteiger partial charge on any atom is -0.491 e. The van der Waals surface area contributed by atoms with Crippen LogP contribution in [0.2, 0.25) is 0 Å². The van der Waals surface area contributed by atoms with E-state index in [1.54, 1.807) is 55.6 Å². The zero-order chi connectivity index (χ0) is 22.9. The first kappa shape index (κ1) is 25.8. The van der Waals surface area contributed by atoms with Crippen molar-refractivity contribution in [3.05, 3.63) is 59.7 Å². The van der Waals surface area contributed by atoms with Gasteiger partial charge in [-0.3, -0.25) is 4.79 Å². The van der Waals surface area contributed by atoms with Gasteiger partial charge in [-0.2, -0.15) is 0 Å². The maximum Gasteiger partial charge on any atom is 0.193 e. The molecule has 0 heterocycles. The molecule has 0 aromatic heterocycles. The van der Waals surface area contributed by atoms with Crippen molar-refractivity contribution in [1.82, 2.24) is 0 Å². The van der Waals surface area contributed by atoms with Crippen LogP contribution in [0, 0.1) is 0 Å². The molecule has 0 aliphatic heterocycles. The zero-order valence-corrected chi connectivity index (χ0v) is 18.6. The van der Waals surface area contributed by atoms with E-state index in [1.165, 1.54) is 0 Å². The first-order valence-electron chi connectivity index (χ1n) is 10.6. The fraction of sp³-hybridized carbons (Fsp3) is 0.458. The number of methoxy groups -OCH3 is 1. The molecule has 176 valence electrons. The Morgan fingerprint density at radius 2 is 1.03 bits per heavy atom. The van der Waals surface area contributed by atoms with E-state index in [9.17, 15) is 4.79 Å². The molecule has 0 aliphatic rings. The summed E-state index contributed by atoms with van der Waals surface area (Å²) in [4.78, 5) is 12.4. The molecule has 8 nitrogen and oxygen atoms in total. The monoisotopic (exact) mass is 447 g/mol. The largest absolute Gasteiger partial charge is 0.491 e. The highest BCUT2D eigenvalue weighted by Crippen LogP contribution is 2.16. The number of ketones is 1. The van der Waals surface area contributed by atoms with Gasteiger partial charge in [0.2, 0.25) is 0 Å². The van der Waals surface area contributed by atoms with E-state index in [1.807, 2.05) is 0 Å². The molecule has 0 fully saturated rings. The predicted molar refractivity (Wildman–Crippen MR) is 121 cm³/mol. The summed E-state index contributed by atoms with van der Waals surface area (Å²) in [6.45, 7) is 5.13. The average Bonchev–Trinajstić information content (AvgIpc) is 2.82. The Morgan fingerprint density at radius 1 is 0.625 bits per heavy atom. The molecule has 2 aromatic rings. The molecule has 32 heavy (non-hydrogen) atoms. The normalized spacial score (nSPS) is 10.9. The van der Waals surface area contributed by atoms with Gasteiger partial charge in [0.15, 0.2) is 5.78 Å². The van der Waals surface area contributed by atoms with Gasteiger partial charge in [-0.25, -0.2) is 0 Å². The van der Waals surface area contributed by atoms with Gasteiger partial charge in [-0.1, -0.05) is 0 Å². The van der Waals surface area contributed by atoms with Gasteiger partial charge in [0, 0.05) is 23.9 Å². The van der Waals surface area contributed by atoms with Crippen molar-refractivity contribution in [2.45, 2.75) is 0 Å². The number of carbonyl (C=O) groups is 1. The lowest BCUT2D eigenvalue weighted by Crippen LogP contribution is -2.14. The van der Waals surface area contributed by atoms with Crippen LogP contribution >= 0.6 is 0 Å². The Hall–Kier alpha value is -2.49. The summed E-state index contributed by atoms with van der Waals surface area (Å²) in [6, 6.07) is 13.9. The second-order valence-corrected chi connectivity index (χ2v) is 6.77. The summed E-state index contributed by atoms with van der Waals surface area (Å²) in [5, 5.41) is 0. The molecular weight excluding hydrogens is 414 g/mol. The smallest absolute Gasteiger partial charge is 0.193 e. The molecule has 0 bridgehead atoms. The average molecular weight is 448 g/mol. The van der Waals surface area contributed by atoms with Crippen molar-refractivity contribution in [2.24, 2.45) is 0 Å². The second-order valence-electron chi connectivity index (χ2n) is 6.77. The van der Waals surface area contributed by atoms with Gasteiger partial charge in [0.05, 0.1) is 59.5 Å².